The predicted octanol–water partition coefficient (Wildman–Crippen LogP) is 5.40. The van der Waals surface area contributed by atoms with E-state index in [2.05, 4.69) is 31.0 Å². The molecule has 150 valence electrons. The Bertz CT molecular complexity index is 1030. The van der Waals surface area contributed by atoms with Crippen LogP contribution in [-0.2, 0) is 4.79 Å². The molecule has 0 spiro atoms. The van der Waals surface area contributed by atoms with Crippen molar-refractivity contribution in [3.05, 3.63) is 64.5 Å². The summed E-state index contributed by atoms with van der Waals surface area (Å²) in [4.78, 5) is 14.7. The van der Waals surface area contributed by atoms with Gasteiger partial charge in [0.1, 0.15) is 17.5 Å². The molecule has 0 aromatic heterocycles. The van der Waals surface area contributed by atoms with Crippen LogP contribution in [-0.4, -0.2) is 18.5 Å². The molecule has 0 saturated carbocycles. The second-order valence-electron chi connectivity index (χ2n) is 8.35. The maximum absolute atomic E-state index is 14.9. The molecule has 29 heavy (non-hydrogen) atoms. The van der Waals surface area contributed by atoms with Crippen LogP contribution >= 0.6 is 0 Å². The summed E-state index contributed by atoms with van der Waals surface area (Å²) in [5.74, 6) is -0.752. The van der Waals surface area contributed by atoms with E-state index < -0.39 is 11.7 Å². The Hall–Kier alpha value is -3.13. The Kier molecular flexibility index (Phi) is 5.48. The SMILES string of the molecule is Cc1ccccc1NC(=O)/C(C#N)=C/c1cc2c(cc1F)N(C)C(C)(C)CC2C. The number of anilines is 2. The highest BCUT2D eigenvalue weighted by molar-refractivity contribution is 6.10. The lowest BCUT2D eigenvalue weighted by molar-refractivity contribution is -0.112. The topological polar surface area (TPSA) is 56.1 Å². The van der Waals surface area contributed by atoms with Crippen molar-refractivity contribution in [2.75, 3.05) is 17.3 Å². The fourth-order valence-corrected chi connectivity index (χ4v) is 3.92. The van der Waals surface area contributed by atoms with Crippen molar-refractivity contribution in [2.45, 2.75) is 45.6 Å². The maximum Gasteiger partial charge on any atom is 0.266 e. The molecule has 5 heteroatoms. The van der Waals surface area contributed by atoms with Gasteiger partial charge in [-0.3, -0.25) is 4.79 Å². The Morgan fingerprint density at radius 1 is 1.34 bits per heavy atom. The third-order valence-electron chi connectivity index (χ3n) is 5.81. The number of fused-ring (bicyclic) bond motifs is 1. The first-order valence-electron chi connectivity index (χ1n) is 9.70. The summed E-state index contributed by atoms with van der Waals surface area (Å²) in [6.07, 6.45) is 2.26. The van der Waals surface area contributed by atoms with Gasteiger partial charge in [0.25, 0.3) is 5.91 Å². The molecule has 2 aromatic rings. The smallest absolute Gasteiger partial charge is 0.266 e. The van der Waals surface area contributed by atoms with Gasteiger partial charge in [-0.2, -0.15) is 5.26 Å². The van der Waals surface area contributed by atoms with Crippen molar-refractivity contribution >= 4 is 23.4 Å². The number of para-hydroxylation sites is 1. The Morgan fingerprint density at radius 3 is 2.69 bits per heavy atom. The molecular weight excluding hydrogens is 365 g/mol. The van der Waals surface area contributed by atoms with E-state index in [1.54, 1.807) is 18.2 Å². The second kappa shape index (κ2) is 7.71. The zero-order valence-electron chi connectivity index (χ0n) is 17.5. The van der Waals surface area contributed by atoms with E-state index in [1.165, 1.54) is 12.1 Å². The molecule has 3 rings (SSSR count). The van der Waals surface area contributed by atoms with Crippen LogP contribution in [0.3, 0.4) is 0 Å². The summed E-state index contributed by atoms with van der Waals surface area (Å²) in [6, 6.07) is 12.5. The van der Waals surface area contributed by atoms with Crippen LogP contribution in [0.1, 0.15) is 49.8 Å². The summed E-state index contributed by atoms with van der Waals surface area (Å²) in [5.41, 5.74) is 3.44. The highest BCUT2D eigenvalue weighted by atomic mass is 19.1. The van der Waals surface area contributed by atoms with Gasteiger partial charge in [-0.1, -0.05) is 25.1 Å². The van der Waals surface area contributed by atoms with E-state index in [4.69, 9.17) is 0 Å². The number of nitrogens with one attached hydrogen (secondary N) is 1. The second-order valence-corrected chi connectivity index (χ2v) is 8.35. The molecule has 0 saturated heterocycles. The molecule has 1 atom stereocenters. The first-order valence-corrected chi connectivity index (χ1v) is 9.70. The first-order chi connectivity index (χ1) is 13.6. The Balaban J connectivity index is 1.97. The number of amides is 1. The molecule has 1 heterocycles. The van der Waals surface area contributed by atoms with E-state index >= 15 is 0 Å². The molecule has 2 aromatic carbocycles. The molecule has 0 bridgehead atoms. The number of carbonyl (C=O) groups is 1. The summed E-state index contributed by atoms with van der Waals surface area (Å²) in [7, 11) is 1.97. The van der Waals surface area contributed by atoms with Crippen LogP contribution in [0.15, 0.2) is 42.0 Å². The molecule has 1 N–H and O–H groups in total. The van der Waals surface area contributed by atoms with Crippen molar-refractivity contribution in [2.24, 2.45) is 0 Å². The van der Waals surface area contributed by atoms with Gasteiger partial charge in [0.2, 0.25) is 0 Å². The fraction of sp³-hybridized carbons (Fsp3) is 0.333. The fourth-order valence-electron chi connectivity index (χ4n) is 3.92. The number of benzene rings is 2. The lowest BCUT2D eigenvalue weighted by atomic mass is 9.80. The lowest BCUT2D eigenvalue weighted by Crippen LogP contribution is -2.45. The lowest BCUT2D eigenvalue weighted by Gasteiger charge is -2.45. The number of carbonyl (C=O) groups excluding carboxylic acids is 1. The van der Waals surface area contributed by atoms with Crippen LogP contribution in [0.2, 0.25) is 0 Å². The van der Waals surface area contributed by atoms with E-state index in [0.29, 0.717) is 5.69 Å². The Labute approximate surface area is 171 Å². The van der Waals surface area contributed by atoms with Crippen LogP contribution < -0.4 is 10.2 Å². The minimum absolute atomic E-state index is 0.0680. The van der Waals surface area contributed by atoms with Gasteiger partial charge in [-0.15, -0.1) is 0 Å². The highest BCUT2D eigenvalue weighted by Crippen LogP contribution is 2.43. The molecule has 1 aliphatic heterocycles. The first kappa shape index (κ1) is 20.6. The molecule has 4 nitrogen and oxygen atoms in total. The van der Waals surface area contributed by atoms with Gasteiger partial charge in [0.05, 0.1) is 0 Å². The standard InChI is InChI=1S/C24H26FN3O/c1-15-8-6-7-9-21(15)27-23(29)18(14-26)10-17-11-19-16(2)13-24(3,4)28(5)22(19)12-20(17)25/h6-12,16H,13H2,1-5H3,(H,27,29)/b18-10+. The normalized spacial score (nSPS) is 18.0. The van der Waals surface area contributed by atoms with Gasteiger partial charge in [-0.05, 0) is 68.5 Å². The van der Waals surface area contributed by atoms with Crippen LogP contribution in [0.4, 0.5) is 15.8 Å². The van der Waals surface area contributed by atoms with Crippen molar-refractivity contribution in [3.63, 3.8) is 0 Å². The van der Waals surface area contributed by atoms with Gasteiger partial charge in [-0.25, -0.2) is 4.39 Å². The van der Waals surface area contributed by atoms with E-state index in [0.717, 1.165) is 23.2 Å². The largest absolute Gasteiger partial charge is 0.369 e. The quantitative estimate of drug-likeness (QED) is 0.563. The number of halogens is 1. The number of nitriles is 1. The monoisotopic (exact) mass is 391 g/mol. The van der Waals surface area contributed by atoms with Gasteiger partial charge in [0, 0.05) is 29.5 Å². The van der Waals surface area contributed by atoms with Gasteiger partial charge >= 0.3 is 0 Å². The average Bonchev–Trinajstić information content (AvgIpc) is 2.66. The summed E-state index contributed by atoms with van der Waals surface area (Å²) < 4.78 is 14.9. The number of rotatable bonds is 3. The Morgan fingerprint density at radius 2 is 2.03 bits per heavy atom. The summed E-state index contributed by atoms with van der Waals surface area (Å²) >= 11 is 0. The maximum atomic E-state index is 14.9. The molecule has 1 unspecified atom stereocenters. The molecule has 1 aliphatic rings. The molecule has 1 amide bonds. The third kappa shape index (κ3) is 4.02. The predicted molar refractivity (Wildman–Crippen MR) is 115 cm³/mol. The minimum atomic E-state index is -0.551. The van der Waals surface area contributed by atoms with E-state index in [1.807, 2.05) is 32.2 Å². The number of hydrogen-bond acceptors (Lipinski definition) is 3. The minimum Gasteiger partial charge on any atom is -0.369 e. The molecule has 0 radical (unpaired) electrons. The molecule has 0 fully saturated rings. The summed E-state index contributed by atoms with van der Waals surface area (Å²) in [6.45, 7) is 8.27. The molecule has 0 aliphatic carbocycles. The van der Waals surface area contributed by atoms with Crippen molar-refractivity contribution in [1.29, 1.82) is 5.26 Å². The average molecular weight is 391 g/mol. The third-order valence-corrected chi connectivity index (χ3v) is 5.81. The van der Waals surface area contributed by atoms with Crippen molar-refractivity contribution in [1.82, 2.24) is 0 Å². The van der Waals surface area contributed by atoms with E-state index in [9.17, 15) is 14.4 Å². The van der Waals surface area contributed by atoms with Crippen molar-refractivity contribution < 1.29 is 9.18 Å². The zero-order valence-corrected chi connectivity index (χ0v) is 17.5. The van der Waals surface area contributed by atoms with Gasteiger partial charge in [0.15, 0.2) is 0 Å². The van der Waals surface area contributed by atoms with Crippen LogP contribution in [0, 0.1) is 24.1 Å². The number of hydrogen-bond donors (Lipinski definition) is 1. The van der Waals surface area contributed by atoms with Crippen molar-refractivity contribution in [3.8, 4) is 6.07 Å². The van der Waals surface area contributed by atoms with E-state index in [-0.39, 0.29) is 22.6 Å². The van der Waals surface area contributed by atoms with Gasteiger partial charge < -0.3 is 10.2 Å². The summed E-state index contributed by atoms with van der Waals surface area (Å²) in [5, 5.41) is 12.2. The number of nitrogens with zero attached hydrogens (tertiary/aromatic N) is 2. The zero-order chi connectivity index (χ0) is 21.3. The highest BCUT2D eigenvalue weighted by Gasteiger charge is 2.34. The number of aryl methyl sites for hydroxylation is 1. The van der Waals surface area contributed by atoms with Crippen LogP contribution in [0.5, 0.6) is 0 Å². The molecular formula is C24H26FN3O. The van der Waals surface area contributed by atoms with Crippen LogP contribution in [0.25, 0.3) is 6.08 Å².